The Morgan fingerprint density at radius 1 is 1.00 bits per heavy atom. The van der Waals surface area contributed by atoms with E-state index in [0.29, 0.717) is 5.69 Å². The summed E-state index contributed by atoms with van der Waals surface area (Å²) in [5.41, 5.74) is 14.3. The summed E-state index contributed by atoms with van der Waals surface area (Å²) in [5, 5.41) is 3.29. The SMILES string of the molecule is CC(C)C(C(N)=NC(=O)c1cnc(N2CCNCC2)cn1)c1ccc(-c2cnc(N)nc2)nc1. The highest BCUT2D eigenvalue weighted by atomic mass is 16.1. The van der Waals surface area contributed by atoms with Gasteiger partial charge in [-0.25, -0.2) is 19.9 Å². The van der Waals surface area contributed by atoms with Crippen LogP contribution < -0.4 is 21.7 Å². The van der Waals surface area contributed by atoms with Crippen molar-refractivity contribution in [3.63, 3.8) is 0 Å². The first-order valence-electron chi connectivity index (χ1n) is 11.1. The molecule has 0 saturated carbocycles. The molecule has 0 aliphatic carbocycles. The topological polar surface area (TPSA) is 161 Å². The second-order valence-electron chi connectivity index (χ2n) is 8.37. The number of amidine groups is 1. The molecular formula is C23H28N10O. The fraction of sp³-hybridized carbons (Fsp3) is 0.348. The molecule has 34 heavy (non-hydrogen) atoms. The van der Waals surface area contributed by atoms with Gasteiger partial charge in [-0.15, -0.1) is 0 Å². The van der Waals surface area contributed by atoms with Crippen LogP contribution in [0.5, 0.6) is 0 Å². The lowest BCUT2D eigenvalue weighted by Gasteiger charge is -2.27. The molecule has 3 aromatic rings. The zero-order valence-corrected chi connectivity index (χ0v) is 19.2. The number of nitrogens with zero attached hydrogens (tertiary/aromatic N) is 7. The lowest BCUT2D eigenvalue weighted by molar-refractivity contribution is 0.0997. The molecule has 0 radical (unpaired) electrons. The van der Waals surface area contributed by atoms with E-state index in [1.54, 1.807) is 24.8 Å². The molecule has 1 aliphatic heterocycles. The Hall–Kier alpha value is -3.99. The summed E-state index contributed by atoms with van der Waals surface area (Å²) < 4.78 is 0. The average molecular weight is 461 g/mol. The molecule has 11 nitrogen and oxygen atoms in total. The Morgan fingerprint density at radius 3 is 2.32 bits per heavy atom. The van der Waals surface area contributed by atoms with Crippen molar-refractivity contribution in [3.05, 3.63) is 54.4 Å². The van der Waals surface area contributed by atoms with Gasteiger partial charge in [0.1, 0.15) is 17.3 Å². The van der Waals surface area contributed by atoms with Gasteiger partial charge in [0.15, 0.2) is 0 Å². The van der Waals surface area contributed by atoms with Crippen molar-refractivity contribution in [1.29, 1.82) is 0 Å². The first-order chi connectivity index (χ1) is 16.4. The van der Waals surface area contributed by atoms with Crippen molar-refractivity contribution in [3.8, 4) is 11.3 Å². The van der Waals surface area contributed by atoms with Crippen LogP contribution in [0.15, 0.2) is 48.1 Å². The second kappa shape index (κ2) is 10.3. The number of aromatic nitrogens is 5. The molecule has 4 rings (SSSR count). The molecule has 1 fully saturated rings. The first kappa shape index (κ1) is 23.2. The summed E-state index contributed by atoms with van der Waals surface area (Å²) >= 11 is 0. The Balaban J connectivity index is 1.50. The number of rotatable bonds is 6. The van der Waals surface area contributed by atoms with E-state index < -0.39 is 5.91 Å². The summed E-state index contributed by atoms with van der Waals surface area (Å²) in [6.07, 6.45) is 8.02. The van der Waals surface area contributed by atoms with E-state index in [2.05, 4.69) is 40.1 Å². The summed E-state index contributed by atoms with van der Waals surface area (Å²) in [6, 6.07) is 3.77. The Kier molecular flexibility index (Phi) is 7.02. The number of amides is 1. The quantitative estimate of drug-likeness (QED) is 0.361. The van der Waals surface area contributed by atoms with Crippen LogP contribution in [0.2, 0.25) is 0 Å². The van der Waals surface area contributed by atoms with E-state index in [-0.39, 0.29) is 29.3 Å². The predicted octanol–water partition coefficient (Wildman–Crippen LogP) is 1.26. The monoisotopic (exact) mass is 460 g/mol. The van der Waals surface area contributed by atoms with E-state index in [9.17, 15) is 4.79 Å². The number of nitrogen functional groups attached to an aromatic ring is 1. The molecule has 0 bridgehead atoms. The number of anilines is 2. The molecule has 1 saturated heterocycles. The number of pyridine rings is 1. The van der Waals surface area contributed by atoms with Gasteiger partial charge in [-0.3, -0.25) is 9.78 Å². The molecule has 5 N–H and O–H groups in total. The van der Waals surface area contributed by atoms with Gasteiger partial charge < -0.3 is 21.7 Å². The van der Waals surface area contributed by atoms with E-state index >= 15 is 0 Å². The Morgan fingerprint density at radius 2 is 1.74 bits per heavy atom. The highest BCUT2D eigenvalue weighted by Gasteiger charge is 2.22. The molecule has 0 aromatic carbocycles. The first-order valence-corrected chi connectivity index (χ1v) is 11.1. The van der Waals surface area contributed by atoms with Gasteiger partial charge in [0.25, 0.3) is 5.91 Å². The maximum Gasteiger partial charge on any atom is 0.298 e. The van der Waals surface area contributed by atoms with Crippen LogP contribution in [0.25, 0.3) is 11.3 Å². The number of nitrogens with one attached hydrogen (secondary N) is 1. The lowest BCUT2D eigenvalue weighted by Crippen LogP contribution is -2.43. The fourth-order valence-corrected chi connectivity index (χ4v) is 3.86. The minimum absolute atomic E-state index is 0.0882. The number of carbonyl (C=O) groups excluding carboxylic acids is 1. The summed E-state index contributed by atoms with van der Waals surface area (Å²) in [4.78, 5) is 40.2. The summed E-state index contributed by atoms with van der Waals surface area (Å²) in [5.74, 6) is 0.431. The van der Waals surface area contributed by atoms with Crippen LogP contribution in [-0.2, 0) is 0 Å². The smallest absolute Gasteiger partial charge is 0.298 e. The van der Waals surface area contributed by atoms with E-state index in [4.69, 9.17) is 11.5 Å². The number of nitrogens with two attached hydrogens (primary N) is 2. The van der Waals surface area contributed by atoms with Crippen LogP contribution in [0.1, 0.15) is 35.8 Å². The third-order valence-electron chi connectivity index (χ3n) is 5.63. The van der Waals surface area contributed by atoms with Crippen molar-refractivity contribution in [2.24, 2.45) is 16.6 Å². The van der Waals surface area contributed by atoms with Crippen LogP contribution in [0, 0.1) is 5.92 Å². The molecule has 1 atom stereocenters. The summed E-state index contributed by atoms with van der Waals surface area (Å²) in [7, 11) is 0. The van der Waals surface area contributed by atoms with Crippen molar-refractivity contribution in [2.45, 2.75) is 19.8 Å². The normalized spacial score (nSPS) is 15.4. The van der Waals surface area contributed by atoms with Gasteiger partial charge in [0.2, 0.25) is 5.95 Å². The minimum atomic E-state index is -0.522. The van der Waals surface area contributed by atoms with Crippen molar-refractivity contribution < 1.29 is 4.79 Å². The Labute approximate surface area is 197 Å². The highest BCUT2D eigenvalue weighted by molar-refractivity contribution is 6.03. The molecule has 1 amide bonds. The van der Waals surface area contributed by atoms with E-state index in [1.807, 2.05) is 26.0 Å². The average Bonchev–Trinajstić information content (AvgIpc) is 2.85. The molecule has 4 heterocycles. The third kappa shape index (κ3) is 5.31. The second-order valence-corrected chi connectivity index (χ2v) is 8.37. The Bertz CT molecular complexity index is 1140. The molecule has 3 aromatic heterocycles. The standard InChI is InChI=1S/C23H28N10O/c1-14(2)20(15-3-4-17(27-9-15)16-10-30-23(25)31-11-16)21(24)32-22(34)18-12-29-19(13-28-18)33-7-5-26-6-8-33/h3-4,9-14,20,26H,5-8H2,1-2H3,(H2,24,32,34)(H2,25,30,31). The molecule has 11 heteroatoms. The number of aliphatic imine (C=N–C) groups is 1. The van der Waals surface area contributed by atoms with Crippen LogP contribution in [-0.4, -0.2) is 62.8 Å². The largest absolute Gasteiger partial charge is 0.387 e. The zero-order valence-electron chi connectivity index (χ0n) is 19.2. The maximum absolute atomic E-state index is 12.7. The van der Waals surface area contributed by atoms with Gasteiger partial charge in [0, 0.05) is 56.3 Å². The zero-order chi connectivity index (χ0) is 24.1. The summed E-state index contributed by atoms with van der Waals surface area (Å²) in [6.45, 7) is 7.51. The number of hydrogen-bond acceptors (Lipinski definition) is 9. The van der Waals surface area contributed by atoms with Crippen LogP contribution in [0.4, 0.5) is 11.8 Å². The lowest BCUT2D eigenvalue weighted by atomic mass is 9.88. The van der Waals surface area contributed by atoms with Gasteiger partial charge >= 0.3 is 0 Å². The highest BCUT2D eigenvalue weighted by Crippen LogP contribution is 2.26. The van der Waals surface area contributed by atoms with Crippen LogP contribution in [0.3, 0.4) is 0 Å². The third-order valence-corrected chi connectivity index (χ3v) is 5.63. The van der Waals surface area contributed by atoms with Gasteiger partial charge in [-0.2, -0.15) is 4.99 Å². The molecule has 1 unspecified atom stereocenters. The maximum atomic E-state index is 12.7. The van der Waals surface area contributed by atoms with E-state index in [0.717, 1.165) is 43.1 Å². The molecular weight excluding hydrogens is 432 g/mol. The molecule has 0 spiro atoms. The van der Waals surface area contributed by atoms with Crippen LogP contribution >= 0.6 is 0 Å². The van der Waals surface area contributed by atoms with Crippen molar-refractivity contribution in [2.75, 3.05) is 36.8 Å². The predicted molar refractivity (Wildman–Crippen MR) is 130 cm³/mol. The number of hydrogen-bond donors (Lipinski definition) is 3. The number of carbonyl (C=O) groups is 1. The molecule has 1 aliphatic rings. The minimum Gasteiger partial charge on any atom is -0.387 e. The van der Waals surface area contributed by atoms with Gasteiger partial charge in [-0.1, -0.05) is 19.9 Å². The van der Waals surface area contributed by atoms with Crippen molar-refractivity contribution in [1.82, 2.24) is 30.2 Å². The van der Waals surface area contributed by atoms with Gasteiger partial charge in [-0.05, 0) is 17.5 Å². The van der Waals surface area contributed by atoms with Crippen molar-refractivity contribution >= 4 is 23.5 Å². The van der Waals surface area contributed by atoms with Gasteiger partial charge in [0.05, 0.1) is 18.1 Å². The fourth-order valence-electron chi connectivity index (χ4n) is 3.86. The molecule has 176 valence electrons. The number of piperazine rings is 1. The van der Waals surface area contributed by atoms with E-state index in [1.165, 1.54) is 6.20 Å².